The Balaban J connectivity index is 1.77. The van der Waals surface area contributed by atoms with Gasteiger partial charge in [0.05, 0.1) is 5.56 Å². The largest absolute Gasteiger partial charge is 0.461 e. The van der Waals surface area contributed by atoms with Crippen LogP contribution in [0.4, 0.5) is 0 Å². The Morgan fingerprint density at radius 1 is 1.12 bits per heavy atom. The van der Waals surface area contributed by atoms with Crippen molar-refractivity contribution in [3.8, 4) is 21.9 Å². The molecule has 3 aromatic heterocycles. The van der Waals surface area contributed by atoms with E-state index in [0.717, 1.165) is 45.5 Å². The van der Waals surface area contributed by atoms with Crippen molar-refractivity contribution >= 4 is 39.5 Å². The van der Waals surface area contributed by atoms with Crippen molar-refractivity contribution in [2.24, 2.45) is 0 Å². The molecule has 0 bridgehead atoms. The van der Waals surface area contributed by atoms with Gasteiger partial charge in [-0.3, -0.25) is 0 Å². The zero-order valence-electron chi connectivity index (χ0n) is 13.6. The second-order valence-electron chi connectivity index (χ2n) is 5.71. The second-order valence-corrected chi connectivity index (χ2v) is 7.54. The van der Waals surface area contributed by atoms with Crippen LogP contribution in [-0.4, -0.2) is 19.8 Å². The third-order valence-electron chi connectivity index (χ3n) is 3.82. The molecule has 0 aliphatic carbocycles. The molecule has 0 aliphatic rings. The molecule has 128 valence electrons. The molecule has 0 radical (unpaired) electrons. The third kappa shape index (κ3) is 3.05. The van der Waals surface area contributed by atoms with Gasteiger partial charge in [-0.25, -0.2) is 0 Å². The molecule has 4 aromatic rings. The maximum Gasteiger partial charge on any atom is 0.234 e. The molecule has 0 amide bonds. The molecule has 0 atom stereocenters. The molecule has 25 heavy (non-hydrogen) atoms. The lowest BCUT2D eigenvalue weighted by atomic mass is 10.1. The van der Waals surface area contributed by atoms with Gasteiger partial charge in [0, 0.05) is 22.0 Å². The number of furan rings is 1. The quantitative estimate of drug-likeness (QED) is 0.448. The Hall–Kier alpha value is -1.89. The van der Waals surface area contributed by atoms with Gasteiger partial charge < -0.3 is 4.42 Å². The van der Waals surface area contributed by atoms with Crippen LogP contribution in [0.2, 0.25) is 10.0 Å². The first-order valence-electron chi connectivity index (χ1n) is 7.83. The van der Waals surface area contributed by atoms with Crippen LogP contribution < -0.4 is 0 Å². The van der Waals surface area contributed by atoms with Crippen molar-refractivity contribution < 1.29 is 4.42 Å². The van der Waals surface area contributed by atoms with Crippen molar-refractivity contribution in [2.75, 3.05) is 0 Å². The summed E-state index contributed by atoms with van der Waals surface area (Å²) >= 11 is 13.7. The fourth-order valence-electron chi connectivity index (χ4n) is 2.68. The van der Waals surface area contributed by atoms with Crippen LogP contribution in [0.5, 0.6) is 0 Å². The summed E-state index contributed by atoms with van der Waals surface area (Å²) in [7, 11) is 0. The molecule has 3 heterocycles. The Morgan fingerprint density at radius 3 is 2.60 bits per heavy atom. The first-order valence-corrected chi connectivity index (χ1v) is 9.40. The number of aromatic nitrogens is 4. The lowest BCUT2D eigenvalue weighted by molar-refractivity contribution is 0.549. The molecule has 5 nitrogen and oxygen atoms in total. The van der Waals surface area contributed by atoms with Crippen molar-refractivity contribution in [1.82, 2.24) is 19.8 Å². The number of nitrogens with zero attached hydrogens (tertiary/aromatic N) is 4. The van der Waals surface area contributed by atoms with Crippen molar-refractivity contribution in [1.29, 1.82) is 0 Å². The van der Waals surface area contributed by atoms with Crippen molar-refractivity contribution in [3.63, 3.8) is 0 Å². The minimum Gasteiger partial charge on any atom is -0.461 e. The molecule has 0 N–H and O–H groups in total. The molecule has 0 saturated carbocycles. The summed E-state index contributed by atoms with van der Waals surface area (Å²) in [5, 5.41) is 15.0. The first-order chi connectivity index (χ1) is 12.0. The fourth-order valence-corrected chi connectivity index (χ4v) is 4.13. The molecule has 0 saturated heterocycles. The summed E-state index contributed by atoms with van der Waals surface area (Å²) in [4.78, 5) is 0.784. The predicted molar refractivity (Wildman–Crippen MR) is 101 cm³/mol. The Labute approximate surface area is 158 Å². The molecule has 4 rings (SSSR count). The van der Waals surface area contributed by atoms with Crippen LogP contribution in [0.25, 0.3) is 26.9 Å². The van der Waals surface area contributed by atoms with E-state index in [0.29, 0.717) is 15.8 Å². The lowest BCUT2D eigenvalue weighted by Crippen LogP contribution is -1.95. The number of hydrogen-bond acceptors (Lipinski definition) is 5. The maximum atomic E-state index is 6.09. The molecule has 0 unspecified atom stereocenters. The van der Waals surface area contributed by atoms with E-state index < -0.39 is 0 Å². The van der Waals surface area contributed by atoms with Gasteiger partial charge in [0.25, 0.3) is 0 Å². The van der Waals surface area contributed by atoms with E-state index in [1.807, 2.05) is 29.6 Å². The highest BCUT2D eigenvalue weighted by Crippen LogP contribution is 2.36. The SMILES string of the molecule is CCCc1nnc2sc(-c3cc(-c4cc(Cl)cc(Cl)c4)oc3C)nn12. The molecule has 1 aromatic carbocycles. The van der Waals surface area contributed by atoms with E-state index in [9.17, 15) is 0 Å². The van der Waals surface area contributed by atoms with Crippen molar-refractivity contribution in [2.45, 2.75) is 26.7 Å². The average Bonchev–Trinajstić information content (AvgIpc) is 3.22. The van der Waals surface area contributed by atoms with Crippen LogP contribution in [0, 0.1) is 6.92 Å². The molecule has 0 fully saturated rings. The van der Waals surface area contributed by atoms with Gasteiger partial charge >= 0.3 is 0 Å². The molecule has 8 heteroatoms. The number of benzene rings is 1. The summed E-state index contributed by atoms with van der Waals surface area (Å²) in [6.07, 6.45) is 1.85. The number of fused-ring (bicyclic) bond motifs is 1. The standard InChI is InChI=1S/C17H14Cl2N4OS/c1-3-4-15-20-21-17-23(15)22-16(25-17)13-8-14(24-9(13)2)10-5-11(18)7-12(19)6-10/h5-8H,3-4H2,1-2H3. The predicted octanol–water partition coefficient (Wildman–Crippen LogP) is 5.68. The van der Waals surface area contributed by atoms with Crippen LogP contribution >= 0.6 is 34.5 Å². The van der Waals surface area contributed by atoms with E-state index in [1.165, 1.54) is 11.3 Å². The lowest BCUT2D eigenvalue weighted by Gasteiger charge is -1.99. The van der Waals surface area contributed by atoms with Crippen LogP contribution in [0.1, 0.15) is 24.9 Å². The van der Waals surface area contributed by atoms with E-state index in [-0.39, 0.29) is 0 Å². The minimum atomic E-state index is 0.570. The van der Waals surface area contributed by atoms with Crippen molar-refractivity contribution in [3.05, 3.63) is 45.9 Å². The van der Waals surface area contributed by atoms with Gasteiger partial charge in [-0.2, -0.15) is 9.61 Å². The number of aryl methyl sites for hydroxylation is 2. The summed E-state index contributed by atoms with van der Waals surface area (Å²) in [5.41, 5.74) is 1.77. The highest BCUT2D eigenvalue weighted by atomic mass is 35.5. The Bertz CT molecular complexity index is 1050. The zero-order valence-corrected chi connectivity index (χ0v) is 15.9. The van der Waals surface area contributed by atoms with Crippen LogP contribution in [-0.2, 0) is 6.42 Å². The van der Waals surface area contributed by atoms with E-state index in [2.05, 4.69) is 22.2 Å². The highest BCUT2D eigenvalue weighted by molar-refractivity contribution is 7.19. The topological polar surface area (TPSA) is 56.2 Å². The van der Waals surface area contributed by atoms with Gasteiger partial charge in [-0.1, -0.05) is 41.5 Å². The molecule has 0 aliphatic heterocycles. The summed E-state index contributed by atoms with van der Waals surface area (Å²) in [6.45, 7) is 4.03. The number of halogens is 2. The summed E-state index contributed by atoms with van der Waals surface area (Å²) < 4.78 is 7.73. The van der Waals surface area contributed by atoms with E-state index in [1.54, 1.807) is 6.07 Å². The second kappa shape index (κ2) is 6.44. The molecular weight excluding hydrogens is 379 g/mol. The number of rotatable bonds is 4. The normalized spacial score (nSPS) is 11.5. The smallest absolute Gasteiger partial charge is 0.234 e. The van der Waals surface area contributed by atoms with Gasteiger partial charge in [-0.15, -0.1) is 10.2 Å². The van der Waals surface area contributed by atoms with Gasteiger partial charge in [0.15, 0.2) is 10.8 Å². The third-order valence-corrected chi connectivity index (χ3v) is 5.19. The van der Waals surface area contributed by atoms with Gasteiger partial charge in [-0.05, 0) is 37.6 Å². The first kappa shape index (κ1) is 16.6. The minimum absolute atomic E-state index is 0.570. The van der Waals surface area contributed by atoms with Gasteiger partial charge in [0.2, 0.25) is 4.96 Å². The van der Waals surface area contributed by atoms with E-state index in [4.69, 9.17) is 27.6 Å². The zero-order chi connectivity index (χ0) is 17.6. The monoisotopic (exact) mass is 392 g/mol. The Morgan fingerprint density at radius 2 is 1.88 bits per heavy atom. The van der Waals surface area contributed by atoms with Crippen LogP contribution in [0.3, 0.4) is 0 Å². The highest BCUT2D eigenvalue weighted by Gasteiger charge is 2.18. The summed E-state index contributed by atoms with van der Waals surface area (Å²) in [5.74, 6) is 2.37. The maximum absolute atomic E-state index is 6.09. The number of hydrogen-bond donors (Lipinski definition) is 0. The summed E-state index contributed by atoms with van der Waals surface area (Å²) in [6, 6.07) is 7.31. The van der Waals surface area contributed by atoms with E-state index >= 15 is 0 Å². The molecular formula is C17H14Cl2N4OS. The fraction of sp³-hybridized carbons (Fsp3) is 0.235. The molecule has 0 spiro atoms. The Kier molecular flexibility index (Phi) is 4.27. The van der Waals surface area contributed by atoms with Gasteiger partial charge in [0.1, 0.15) is 11.5 Å². The average molecular weight is 393 g/mol. The van der Waals surface area contributed by atoms with Crippen LogP contribution in [0.15, 0.2) is 28.7 Å².